The minimum absolute atomic E-state index is 0.181. The minimum Gasteiger partial charge on any atom is -0.326 e. The largest absolute Gasteiger partial charge is 0.326 e. The molecule has 0 fully saturated rings. The molecule has 0 aromatic heterocycles. The van der Waals surface area contributed by atoms with Gasteiger partial charge in [0.2, 0.25) is 15.9 Å². The van der Waals surface area contributed by atoms with E-state index in [0.717, 1.165) is 0 Å². The first-order chi connectivity index (χ1) is 8.37. The number of rotatable bonds is 5. The molecule has 0 aliphatic carbocycles. The second kappa shape index (κ2) is 5.79. The lowest BCUT2D eigenvalue weighted by molar-refractivity contribution is -0.114. The van der Waals surface area contributed by atoms with Crippen LogP contribution in [0.2, 0.25) is 0 Å². The van der Waals surface area contributed by atoms with Crippen molar-refractivity contribution in [1.82, 2.24) is 4.31 Å². The van der Waals surface area contributed by atoms with Gasteiger partial charge in [-0.2, -0.15) is 4.31 Å². The molecule has 18 heavy (non-hydrogen) atoms. The Bertz CT molecular complexity index is 535. The number of carbonyl (C=O) groups excluding carboxylic acids is 1. The fourth-order valence-electron chi connectivity index (χ4n) is 1.37. The summed E-state index contributed by atoms with van der Waals surface area (Å²) >= 11 is 0. The first-order valence-electron chi connectivity index (χ1n) is 5.33. The zero-order valence-corrected chi connectivity index (χ0v) is 11.2. The molecular weight excluding hydrogens is 252 g/mol. The molecule has 1 rings (SSSR count). The molecule has 0 atom stereocenters. The highest BCUT2D eigenvalue weighted by atomic mass is 32.2. The molecule has 0 aliphatic heterocycles. The third-order valence-electron chi connectivity index (χ3n) is 2.27. The molecule has 0 radical (unpaired) electrons. The van der Waals surface area contributed by atoms with Gasteiger partial charge in [-0.1, -0.05) is 6.08 Å². The lowest BCUT2D eigenvalue weighted by Gasteiger charge is -2.15. The Morgan fingerprint density at radius 3 is 2.39 bits per heavy atom. The van der Waals surface area contributed by atoms with Gasteiger partial charge < -0.3 is 5.32 Å². The van der Waals surface area contributed by atoms with E-state index in [1.165, 1.54) is 36.5 Å². The highest BCUT2D eigenvalue weighted by Crippen LogP contribution is 2.17. The van der Waals surface area contributed by atoms with Gasteiger partial charge in [-0.3, -0.25) is 4.79 Å². The van der Waals surface area contributed by atoms with E-state index in [1.54, 1.807) is 12.1 Å². The number of sulfonamides is 1. The number of anilines is 1. The van der Waals surface area contributed by atoms with Crippen LogP contribution in [0.25, 0.3) is 0 Å². The maximum atomic E-state index is 12.0. The molecule has 1 aromatic carbocycles. The Labute approximate surface area is 107 Å². The lowest BCUT2D eigenvalue weighted by atomic mass is 10.3. The van der Waals surface area contributed by atoms with Gasteiger partial charge in [0.1, 0.15) is 0 Å². The average molecular weight is 268 g/mol. The van der Waals surface area contributed by atoms with E-state index in [0.29, 0.717) is 5.69 Å². The number of hydrogen-bond acceptors (Lipinski definition) is 3. The Kier molecular flexibility index (Phi) is 4.63. The van der Waals surface area contributed by atoms with Crippen LogP contribution in [0.5, 0.6) is 0 Å². The zero-order chi connectivity index (χ0) is 13.8. The highest BCUT2D eigenvalue weighted by molar-refractivity contribution is 7.89. The van der Waals surface area contributed by atoms with Gasteiger partial charge in [0.25, 0.3) is 0 Å². The summed E-state index contributed by atoms with van der Waals surface area (Å²) in [5, 5.41) is 2.57. The number of nitrogens with zero attached hydrogens (tertiary/aromatic N) is 1. The predicted octanol–water partition coefficient (Wildman–Crippen LogP) is 1.45. The smallest absolute Gasteiger partial charge is 0.243 e. The van der Waals surface area contributed by atoms with Crippen molar-refractivity contribution in [3.05, 3.63) is 36.9 Å². The van der Waals surface area contributed by atoms with Crippen molar-refractivity contribution in [2.24, 2.45) is 0 Å². The van der Waals surface area contributed by atoms with Crippen LogP contribution in [0, 0.1) is 0 Å². The Morgan fingerprint density at radius 1 is 1.39 bits per heavy atom. The van der Waals surface area contributed by atoms with Crippen LogP contribution in [-0.4, -0.2) is 32.2 Å². The number of carbonyl (C=O) groups is 1. The average Bonchev–Trinajstić information content (AvgIpc) is 2.29. The fourth-order valence-corrected chi connectivity index (χ4v) is 2.51. The van der Waals surface area contributed by atoms with Crippen LogP contribution < -0.4 is 5.32 Å². The van der Waals surface area contributed by atoms with Gasteiger partial charge >= 0.3 is 0 Å². The number of nitrogens with one attached hydrogen (secondary N) is 1. The first-order valence-corrected chi connectivity index (χ1v) is 6.77. The van der Waals surface area contributed by atoms with Crippen molar-refractivity contribution >= 4 is 21.6 Å². The topological polar surface area (TPSA) is 66.5 Å². The second-order valence-electron chi connectivity index (χ2n) is 3.78. The monoisotopic (exact) mass is 268 g/mol. The summed E-state index contributed by atoms with van der Waals surface area (Å²) in [5.41, 5.74) is 0.563. The van der Waals surface area contributed by atoms with E-state index in [1.807, 2.05) is 0 Å². The fraction of sp³-hybridized carbons (Fsp3) is 0.250. The van der Waals surface area contributed by atoms with Crippen molar-refractivity contribution in [1.29, 1.82) is 0 Å². The molecule has 0 heterocycles. The number of hydrogen-bond donors (Lipinski definition) is 1. The molecule has 0 spiro atoms. The third kappa shape index (κ3) is 3.41. The third-order valence-corrected chi connectivity index (χ3v) is 4.11. The van der Waals surface area contributed by atoms with Crippen LogP contribution in [-0.2, 0) is 14.8 Å². The van der Waals surface area contributed by atoms with Crippen molar-refractivity contribution < 1.29 is 13.2 Å². The van der Waals surface area contributed by atoms with E-state index in [2.05, 4.69) is 11.9 Å². The van der Waals surface area contributed by atoms with E-state index in [-0.39, 0.29) is 17.3 Å². The Morgan fingerprint density at radius 2 is 1.94 bits per heavy atom. The quantitative estimate of drug-likeness (QED) is 0.822. The van der Waals surface area contributed by atoms with Crippen LogP contribution in [0.3, 0.4) is 0 Å². The van der Waals surface area contributed by atoms with Crippen molar-refractivity contribution in [3.63, 3.8) is 0 Å². The molecule has 1 amide bonds. The maximum absolute atomic E-state index is 12.0. The predicted molar refractivity (Wildman–Crippen MR) is 70.8 cm³/mol. The number of amides is 1. The SMILES string of the molecule is C=CCN(C)S(=O)(=O)c1ccc(NC(C)=O)cc1. The minimum atomic E-state index is -3.50. The first kappa shape index (κ1) is 14.4. The summed E-state index contributed by atoms with van der Waals surface area (Å²) in [4.78, 5) is 11.0. The van der Waals surface area contributed by atoms with Crippen LogP contribution in [0.1, 0.15) is 6.92 Å². The number of benzene rings is 1. The summed E-state index contributed by atoms with van der Waals surface area (Å²) in [6.45, 7) is 5.14. The van der Waals surface area contributed by atoms with E-state index >= 15 is 0 Å². The Balaban J connectivity index is 2.97. The molecule has 0 saturated carbocycles. The summed E-state index contributed by atoms with van der Waals surface area (Å²) in [7, 11) is -2.01. The Hall–Kier alpha value is -1.66. The van der Waals surface area contributed by atoms with Crippen molar-refractivity contribution in [2.45, 2.75) is 11.8 Å². The highest BCUT2D eigenvalue weighted by Gasteiger charge is 2.19. The summed E-state index contributed by atoms with van der Waals surface area (Å²) < 4.78 is 25.3. The van der Waals surface area contributed by atoms with Crippen LogP contribution in [0.15, 0.2) is 41.8 Å². The second-order valence-corrected chi connectivity index (χ2v) is 5.82. The van der Waals surface area contributed by atoms with Gasteiger partial charge in [0.15, 0.2) is 0 Å². The van der Waals surface area contributed by atoms with E-state index < -0.39 is 10.0 Å². The van der Waals surface area contributed by atoms with Crippen LogP contribution in [0.4, 0.5) is 5.69 Å². The summed E-state index contributed by atoms with van der Waals surface area (Å²) in [6, 6.07) is 6.02. The molecular formula is C12H16N2O3S. The lowest BCUT2D eigenvalue weighted by Crippen LogP contribution is -2.26. The summed E-state index contributed by atoms with van der Waals surface area (Å²) in [5.74, 6) is -0.200. The number of likely N-dealkylation sites (N-methyl/N-ethyl adjacent to an activating group) is 1. The normalized spacial score (nSPS) is 11.3. The van der Waals surface area contributed by atoms with Gasteiger partial charge in [-0.05, 0) is 24.3 Å². The van der Waals surface area contributed by atoms with Gasteiger partial charge in [0.05, 0.1) is 4.90 Å². The molecule has 6 heteroatoms. The van der Waals surface area contributed by atoms with Crippen LogP contribution >= 0.6 is 0 Å². The van der Waals surface area contributed by atoms with E-state index in [4.69, 9.17) is 0 Å². The van der Waals surface area contributed by atoms with Crippen molar-refractivity contribution in [3.8, 4) is 0 Å². The maximum Gasteiger partial charge on any atom is 0.243 e. The van der Waals surface area contributed by atoms with Gasteiger partial charge in [-0.25, -0.2) is 8.42 Å². The molecule has 1 N–H and O–H groups in total. The molecule has 5 nitrogen and oxygen atoms in total. The van der Waals surface area contributed by atoms with Crippen molar-refractivity contribution in [2.75, 3.05) is 18.9 Å². The standard InChI is InChI=1S/C12H16N2O3S/c1-4-9-14(3)18(16,17)12-7-5-11(6-8-12)13-10(2)15/h4-8H,1,9H2,2-3H3,(H,13,15). The molecule has 1 aromatic rings. The van der Waals surface area contributed by atoms with Gasteiger partial charge in [0, 0.05) is 26.2 Å². The molecule has 0 aliphatic rings. The zero-order valence-electron chi connectivity index (χ0n) is 10.4. The molecule has 98 valence electrons. The summed E-state index contributed by atoms with van der Waals surface area (Å²) in [6.07, 6.45) is 1.52. The van der Waals surface area contributed by atoms with Gasteiger partial charge in [-0.15, -0.1) is 6.58 Å². The van der Waals surface area contributed by atoms with E-state index in [9.17, 15) is 13.2 Å². The molecule has 0 unspecified atom stereocenters. The molecule has 0 saturated heterocycles. The molecule has 0 bridgehead atoms.